The number of carbonyl (C=O) groups is 1. The molecule has 1 heterocycles. The minimum atomic E-state index is -5.19. The van der Waals surface area contributed by atoms with E-state index in [1.54, 1.807) is 7.11 Å². The van der Waals surface area contributed by atoms with Gasteiger partial charge in [0.2, 0.25) is 0 Å². The maximum absolute atomic E-state index is 10.5. The van der Waals surface area contributed by atoms with Crippen LogP contribution in [-0.4, -0.2) is 50.1 Å². The van der Waals surface area contributed by atoms with Crippen LogP contribution in [0.5, 0.6) is 0 Å². The van der Waals surface area contributed by atoms with Crippen LogP contribution in [0.4, 0.5) is 13.2 Å². The van der Waals surface area contributed by atoms with E-state index in [1.807, 2.05) is 0 Å². The van der Waals surface area contributed by atoms with Gasteiger partial charge in [0.05, 0.1) is 19.6 Å². The van der Waals surface area contributed by atoms with Crippen molar-refractivity contribution in [3.63, 3.8) is 0 Å². The lowest BCUT2D eigenvalue weighted by Gasteiger charge is -2.31. The van der Waals surface area contributed by atoms with E-state index in [-0.39, 0.29) is 0 Å². The van der Waals surface area contributed by atoms with E-state index >= 15 is 0 Å². The van der Waals surface area contributed by atoms with Crippen LogP contribution >= 0.6 is 0 Å². The van der Waals surface area contributed by atoms with Gasteiger partial charge in [-0.2, -0.15) is 13.2 Å². The van der Waals surface area contributed by atoms with Crippen molar-refractivity contribution in [2.45, 2.75) is 25.9 Å². The molecule has 0 radical (unpaired) electrons. The van der Waals surface area contributed by atoms with Gasteiger partial charge < -0.3 is 19.1 Å². The molecule has 0 bridgehead atoms. The largest absolute Gasteiger partial charge is 0.542 e. The van der Waals surface area contributed by atoms with E-state index in [1.165, 1.54) is 37.0 Å². The Labute approximate surface area is 98.6 Å². The Bertz CT molecular complexity index is 237. The Hall–Kier alpha value is -0.820. The molecule has 1 rings (SSSR count). The predicted octanol–water partition coefficient (Wildman–Crippen LogP) is 0.519. The lowest BCUT2D eigenvalue weighted by molar-refractivity contribution is -0.932. The lowest BCUT2D eigenvalue weighted by atomic mass is 10.4. The van der Waals surface area contributed by atoms with Gasteiger partial charge in [0.1, 0.15) is 5.97 Å². The summed E-state index contributed by atoms with van der Waals surface area (Å²) in [5.74, 6) is -3.01. The van der Waals surface area contributed by atoms with Crippen molar-refractivity contribution in [1.82, 2.24) is 0 Å². The fraction of sp³-hybridized carbons (Fsp3) is 0.900. The molecule has 4 nitrogen and oxygen atoms in total. The number of carbonyl (C=O) groups excluding carboxylic acids is 1. The first-order valence-corrected chi connectivity index (χ1v) is 5.39. The lowest BCUT2D eigenvalue weighted by Crippen LogP contribution is -2.46. The quantitative estimate of drug-likeness (QED) is 0.693. The van der Waals surface area contributed by atoms with Gasteiger partial charge in [-0.15, -0.1) is 0 Å². The van der Waals surface area contributed by atoms with Gasteiger partial charge in [-0.1, -0.05) is 0 Å². The number of ether oxygens (including phenoxy) is 1. The fourth-order valence-corrected chi connectivity index (χ4v) is 1.82. The second-order valence-electron chi connectivity index (χ2n) is 4.02. The number of hydrogen-bond acceptors (Lipinski definition) is 3. The Morgan fingerprint density at radius 2 is 1.76 bits per heavy atom. The van der Waals surface area contributed by atoms with Crippen LogP contribution in [0, 0.1) is 0 Å². The molecular weight excluding hydrogens is 239 g/mol. The van der Waals surface area contributed by atoms with E-state index in [4.69, 9.17) is 14.6 Å². The van der Waals surface area contributed by atoms with Crippen LogP contribution in [0.3, 0.4) is 0 Å². The summed E-state index contributed by atoms with van der Waals surface area (Å²) >= 11 is 0. The first kappa shape index (κ1) is 16.2. The molecule has 7 heteroatoms. The third-order valence-electron chi connectivity index (χ3n) is 2.82. The summed E-state index contributed by atoms with van der Waals surface area (Å²) in [6.07, 6.45) is -2.42. The van der Waals surface area contributed by atoms with Crippen molar-refractivity contribution in [1.29, 1.82) is 0 Å². The van der Waals surface area contributed by atoms with Crippen molar-refractivity contribution in [3.8, 4) is 0 Å². The van der Waals surface area contributed by atoms with E-state index in [0.29, 0.717) is 0 Å². The first-order chi connectivity index (χ1) is 7.77. The number of nitrogens with zero attached hydrogens (tertiary/aromatic N) is 1. The molecule has 0 aliphatic carbocycles. The Morgan fingerprint density at radius 3 is 2.00 bits per heavy atom. The molecule has 1 aliphatic heterocycles. The summed E-state index contributed by atoms with van der Waals surface area (Å²) in [5, 5.41) is 8.78. The molecule has 0 amide bonds. The number of alkyl halides is 3. The zero-order valence-electron chi connectivity index (χ0n) is 10.0. The minimum absolute atomic E-state index is 0.913. The van der Waals surface area contributed by atoms with Gasteiger partial charge in [0.15, 0.2) is 6.73 Å². The molecular formula is C10H18F3NO3. The molecule has 102 valence electrons. The number of hydrogen-bond donors (Lipinski definition) is 0. The summed E-state index contributed by atoms with van der Waals surface area (Å²) in [7, 11) is 1.80. The maximum atomic E-state index is 10.5. The number of aliphatic carboxylic acids is 1. The highest BCUT2D eigenvalue weighted by molar-refractivity contribution is 5.70. The summed E-state index contributed by atoms with van der Waals surface area (Å²) in [5.41, 5.74) is 0. The van der Waals surface area contributed by atoms with E-state index in [0.717, 1.165) is 6.73 Å². The number of likely N-dealkylation sites (tertiary alicyclic amines) is 1. The van der Waals surface area contributed by atoms with Gasteiger partial charge in [-0.25, -0.2) is 0 Å². The monoisotopic (exact) mass is 257 g/mol. The molecule has 0 N–H and O–H groups in total. The first-order valence-electron chi connectivity index (χ1n) is 5.39. The highest BCUT2D eigenvalue weighted by atomic mass is 19.4. The minimum Gasteiger partial charge on any atom is -0.542 e. The molecule has 1 saturated heterocycles. The highest BCUT2D eigenvalue weighted by Crippen LogP contribution is 2.18. The van der Waals surface area contributed by atoms with Gasteiger partial charge in [-0.05, 0) is 6.92 Å². The second kappa shape index (κ2) is 6.80. The molecule has 0 spiro atoms. The summed E-state index contributed by atoms with van der Waals surface area (Å²) in [6.45, 7) is 7.04. The Morgan fingerprint density at radius 1 is 1.35 bits per heavy atom. The van der Waals surface area contributed by atoms with Crippen molar-refractivity contribution in [3.05, 3.63) is 0 Å². The molecule has 0 saturated carbocycles. The second-order valence-corrected chi connectivity index (χ2v) is 4.02. The van der Waals surface area contributed by atoms with E-state index in [2.05, 4.69) is 6.92 Å². The molecule has 0 aromatic heterocycles. The average molecular weight is 257 g/mol. The molecule has 0 aromatic rings. The molecule has 0 aromatic carbocycles. The number of carboxylic acid groups (broad SMARTS) is 1. The van der Waals surface area contributed by atoms with Crippen molar-refractivity contribution in [2.24, 2.45) is 0 Å². The normalized spacial score (nSPS) is 18.4. The van der Waals surface area contributed by atoms with Crippen LogP contribution in [0.25, 0.3) is 0 Å². The maximum Gasteiger partial charge on any atom is 0.430 e. The van der Waals surface area contributed by atoms with Crippen LogP contribution in [-0.2, 0) is 9.53 Å². The van der Waals surface area contributed by atoms with Gasteiger partial charge >= 0.3 is 6.18 Å². The summed E-state index contributed by atoms with van der Waals surface area (Å²) in [4.78, 5) is 8.78. The number of halogens is 3. The number of quaternary nitrogens is 1. The van der Waals surface area contributed by atoms with Crippen LogP contribution < -0.4 is 5.11 Å². The van der Waals surface area contributed by atoms with Crippen molar-refractivity contribution < 1.29 is 32.3 Å². The average Bonchev–Trinajstić information content (AvgIpc) is 2.67. The molecule has 1 fully saturated rings. The Balaban J connectivity index is 0.000000325. The standard InChI is InChI=1S/C8H18NO.C2HF3O2/c1-3-9(8-10-2)6-4-5-7-9;3-2(4,5)1(6)7/h3-8H2,1-2H3;(H,6,7)/q+1;/p-1. The fourth-order valence-electron chi connectivity index (χ4n) is 1.82. The smallest absolute Gasteiger partial charge is 0.430 e. The number of rotatable bonds is 3. The van der Waals surface area contributed by atoms with Crippen LogP contribution in [0.2, 0.25) is 0 Å². The van der Waals surface area contributed by atoms with Gasteiger partial charge in [-0.3, -0.25) is 0 Å². The van der Waals surface area contributed by atoms with Crippen molar-refractivity contribution in [2.75, 3.05) is 33.5 Å². The van der Waals surface area contributed by atoms with Gasteiger partial charge in [0.25, 0.3) is 0 Å². The van der Waals surface area contributed by atoms with Gasteiger partial charge in [0, 0.05) is 20.0 Å². The van der Waals surface area contributed by atoms with E-state index < -0.39 is 12.1 Å². The topological polar surface area (TPSA) is 49.4 Å². The third-order valence-corrected chi connectivity index (χ3v) is 2.82. The predicted molar refractivity (Wildman–Crippen MR) is 52.7 cm³/mol. The Kier molecular flexibility index (Phi) is 6.48. The molecule has 17 heavy (non-hydrogen) atoms. The van der Waals surface area contributed by atoms with Crippen LogP contribution in [0.1, 0.15) is 19.8 Å². The van der Waals surface area contributed by atoms with E-state index in [9.17, 15) is 13.2 Å². The zero-order valence-corrected chi connectivity index (χ0v) is 10.0. The van der Waals surface area contributed by atoms with Crippen LogP contribution in [0.15, 0.2) is 0 Å². The van der Waals surface area contributed by atoms with Crippen molar-refractivity contribution >= 4 is 5.97 Å². The number of carboxylic acids is 1. The SMILES string of the molecule is CC[N+]1(COC)CCCC1.O=C([O-])C(F)(F)F. The third kappa shape index (κ3) is 5.88. The molecule has 0 atom stereocenters. The zero-order chi connectivity index (χ0) is 13.5. The highest BCUT2D eigenvalue weighted by Gasteiger charge is 2.29. The molecule has 1 aliphatic rings. The number of methoxy groups -OCH3 is 1. The summed E-state index contributed by atoms with van der Waals surface area (Å²) < 4.78 is 37.9. The summed E-state index contributed by atoms with van der Waals surface area (Å²) in [6, 6.07) is 0. The molecule has 0 unspecified atom stereocenters.